The van der Waals surface area contributed by atoms with Crippen molar-refractivity contribution in [2.45, 2.75) is 39.3 Å². The van der Waals surface area contributed by atoms with Gasteiger partial charge in [-0.05, 0) is 20.8 Å². The monoisotopic (exact) mass is 232 g/mol. The molecule has 1 heterocycles. The molecule has 1 fully saturated rings. The third-order valence-corrected chi connectivity index (χ3v) is 4.31. The minimum atomic E-state index is -0.630. The molecule has 0 radical (unpaired) electrons. The van der Waals surface area contributed by atoms with Gasteiger partial charge in [0.05, 0.1) is 0 Å². The summed E-state index contributed by atoms with van der Waals surface area (Å²) in [5.41, 5.74) is 0.195. The van der Waals surface area contributed by atoms with Crippen LogP contribution >= 0.6 is 0 Å². The molecule has 2 atom stereocenters. The molecule has 0 bridgehead atoms. The minimum absolute atomic E-state index is 0.195. The van der Waals surface area contributed by atoms with Crippen molar-refractivity contribution in [2.75, 3.05) is 31.1 Å². The lowest BCUT2D eigenvalue weighted by Crippen LogP contribution is -2.61. The fourth-order valence-corrected chi connectivity index (χ4v) is 2.66. The molecule has 1 rings (SSSR count). The molecule has 1 saturated heterocycles. The number of nitrogens with one attached hydrogen (secondary N) is 1. The van der Waals surface area contributed by atoms with E-state index >= 15 is 0 Å². The summed E-state index contributed by atoms with van der Waals surface area (Å²) in [6.45, 7) is 11.7. The van der Waals surface area contributed by atoms with Gasteiger partial charge in [0.2, 0.25) is 0 Å². The zero-order chi connectivity index (χ0) is 11.5. The van der Waals surface area contributed by atoms with E-state index in [0.29, 0.717) is 6.04 Å². The summed E-state index contributed by atoms with van der Waals surface area (Å²) in [5.74, 6) is 1.60. The molecule has 0 aliphatic carbocycles. The molecule has 0 saturated carbocycles. The van der Waals surface area contributed by atoms with Gasteiger partial charge in [0.25, 0.3) is 0 Å². The van der Waals surface area contributed by atoms with Crippen LogP contribution in [0, 0.1) is 0 Å². The lowest BCUT2D eigenvalue weighted by Gasteiger charge is -2.43. The van der Waals surface area contributed by atoms with Crippen LogP contribution in [0.2, 0.25) is 0 Å². The van der Waals surface area contributed by atoms with Crippen LogP contribution in [0.4, 0.5) is 0 Å². The van der Waals surface area contributed by atoms with Gasteiger partial charge in [0.1, 0.15) is 0 Å². The van der Waals surface area contributed by atoms with Gasteiger partial charge in [-0.3, -0.25) is 9.11 Å². The fraction of sp³-hybridized carbons (Fsp3) is 1.00. The Hall–Kier alpha value is 0.0700. The van der Waals surface area contributed by atoms with Crippen LogP contribution < -0.4 is 5.32 Å². The van der Waals surface area contributed by atoms with Crippen molar-refractivity contribution in [3.05, 3.63) is 0 Å². The zero-order valence-corrected chi connectivity index (χ0v) is 11.2. The van der Waals surface area contributed by atoms with Crippen LogP contribution in [0.5, 0.6) is 0 Å². The Morgan fingerprint density at radius 3 is 2.80 bits per heavy atom. The largest absolute Gasteiger partial charge is 0.309 e. The van der Waals surface area contributed by atoms with Gasteiger partial charge in [0.15, 0.2) is 0 Å². The van der Waals surface area contributed by atoms with E-state index in [9.17, 15) is 4.21 Å². The number of rotatable bonds is 4. The van der Waals surface area contributed by atoms with Crippen LogP contribution in [0.1, 0.15) is 27.7 Å². The fourth-order valence-electron chi connectivity index (χ4n) is 1.94. The van der Waals surface area contributed by atoms with Gasteiger partial charge in [-0.1, -0.05) is 6.92 Å². The molecular formula is C11H24N2OS. The predicted molar refractivity (Wildman–Crippen MR) is 66.7 cm³/mol. The molecule has 0 amide bonds. The Morgan fingerprint density at radius 2 is 2.20 bits per heavy atom. The first-order valence-corrected chi connectivity index (χ1v) is 7.27. The normalized spacial score (nSPS) is 28.9. The van der Waals surface area contributed by atoms with E-state index in [2.05, 4.69) is 31.0 Å². The van der Waals surface area contributed by atoms with Crippen LogP contribution in [0.25, 0.3) is 0 Å². The highest BCUT2D eigenvalue weighted by Gasteiger charge is 2.29. The number of piperazine rings is 1. The summed E-state index contributed by atoms with van der Waals surface area (Å²) in [5, 5.41) is 3.52. The molecule has 15 heavy (non-hydrogen) atoms. The molecular weight excluding hydrogens is 208 g/mol. The molecule has 1 aliphatic heterocycles. The van der Waals surface area contributed by atoms with Crippen molar-refractivity contribution in [1.82, 2.24) is 10.2 Å². The Kier molecular flexibility index (Phi) is 4.74. The SMILES string of the molecule is CCS(=O)CCN1CC(C)(C)NCC1C. The highest BCUT2D eigenvalue weighted by atomic mass is 32.2. The van der Waals surface area contributed by atoms with Crippen LogP contribution in [-0.4, -0.2) is 51.8 Å². The standard InChI is InChI=1S/C11H24N2OS/c1-5-15(14)7-6-13-9-11(3,4)12-8-10(13)2/h10,12H,5-9H2,1-4H3. The number of hydrogen-bond donors (Lipinski definition) is 1. The maximum Gasteiger partial charge on any atom is 0.0362 e. The van der Waals surface area contributed by atoms with Crippen LogP contribution in [-0.2, 0) is 10.8 Å². The smallest absolute Gasteiger partial charge is 0.0362 e. The average molecular weight is 232 g/mol. The van der Waals surface area contributed by atoms with E-state index in [1.54, 1.807) is 0 Å². The minimum Gasteiger partial charge on any atom is -0.309 e. The summed E-state index contributed by atoms with van der Waals surface area (Å²) >= 11 is 0. The van der Waals surface area contributed by atoms with E-state index in [-0.39, 0.29) is 5.54 Å². The van der Waals surface area contributed by atoms with E-state index in [1.807, 2.05) is 6.92 Å². The van der Waals surface area contributed by atoms with Crippen molar-refractivity contribution in [2.24, 2.45) is 0 Å². The van der Waals surface area contributed by atoms with Gasteiger partial charge in [-0.25, -0.2) is 0 Å². The lowest BCUT2D eigenvalue weighted by atomic mass is 9.99. The first-order chi connectivity index (χ1) is 6.94. The quantitative estimate of drug-likeness (QED) is 0.779. The maximum absolute atomic E-state index is 11.4. The zero-order valence-electron chi connectivity index (χ0n) is 10.4. The second-order valence-electron chi connectivity index (χ2n) is 5.02. The molecule has 4 heteroatoms. The first-order valence-electron chi connectivity index (χ1n) is 5.78. The van der Waals surface area contributed by atoms with E-state index in [1.165, 1.54) is 0 Å². The Labute approximate surface area is 96.1 Å². The summed E-state index contributed by atoms with van der Waals surface area (Å²) in [6.07, 6.45) is 0. The van der Waals surface area contributed by atoms with Gasteiger partial charge in [-0.15, -0.1) is 0 Å². The molecule has 0 aromatic heterocycles. The van der Waals surface area contributed by atoms with E-state index < -0.39 is 10.8 Å². The third kappa shape index (κ3) is 4.21. The molecule has 1 aliphatic rings. The highest BCUT2D eigenvalue weighted by molar-refractivity contribution is 7.84. The van der Waals surface area contributed by atoms with Crippen LogP contribution in [0.15, 0.2) is 0 Å². The van der Waals surface area contributed by atoms with Crippen molar-refractivity contribution in [3.63, 3.8) is 0 Å². The lowest BCUT2D eigenvalue weighted by molar-refractivity contribution is 0.112. The molecule has 2 unspecified atom stereocenters. The van der Waals surface area contributed by atoms with Gasteiger partial charge in [-0.2, -0.15) is 0 Å². The molecule has 3 nitrogen and oxygen atoms in total. The van der Waals surface area contributed by atoms with Gasteiger partial charge < -0.3 is 5.32 Å². The topological polar surface area (TPSA) is 32.3 Å². The first kappa shape index (κ1) is 13.1. The third-order valence-electron chi connectivity index (χ3n) is 3.03. The Bertz CT molecular complexity index is 231. The molecule has 0 aromatic carbocycles. The average Bonchev–Trinajstić information content (AvgIpc) is 2.19. The summed E-state index contributed by atoms with van der Waals surface area (Å²) in [7, 11) is -0.630. The highest BCUT2D eigenvalue weighted by Crippen LogP contribution is 2.14. The Balaban J connectivity index is 2.41. The molecule has 90 valence electrons. The van der Waals surface area contributed by atoms with Crippen LogP contribution in [0.3, 0.4) is 0 Å². The second kappa shape index (κ2) is 5.41. The summed E-state index contributed by atoms with van der Waals surface area (Å²) < 4.78 is 11.4. The van der Waals surface area contributed by atoms with E-state index in [0.717, 1.165) is 31.1 Å². The predicted octanol–water partition coefficient (Wildman–Crippen LogP) is 0.827. The van der Waals surface area contributed by atoms with Gasteiger partial charge in [0, 0.05) is 53.5 Å². The Morgan fingerprint density at radius 1 is 1.53 bits per heavy atom. The molecule has 1 N–H and O–H groups in total. The number of hydrogen-bond acceptors (Lipinski definition) is 3. The van der Waals surface area contributed by atoms with Gasteiger partial charge >= 0.3 is 0 Å². The van der Waals surface area contributed by atoms with E-state index in [4.69, 9.17) is 0 Å². The number of nitrogens with zero attached hydrogens (tertiary/aromatic N) is 1. The van der Waals surface area contributed by atoms with Crippen molar-refractivity contribution < 1.29 is 4.21 Å². The maximum atomic E-state index is 11.4. The van der Waals surface area contributed by atoms with Crippen molar-refractivity contribution >= 4 is 10.8 Å². The van der Waals surface area contributed by atoms with Crippen molar-refractivity contribution in [3.8, 4) is 0 Å². The van der Waals surface area contributed by atoms with Crippen molar-refractivity contribution in [1.29, 1.82) is 0 Å². The summed E-state index contributed by atoms with van der Waals surface area (Å²) in [6, 6.07) is 0.562. The second-order valence-corrected chi connectivity index (χ2v) is 6.88. The molecule has 0 spiro atoms. The molecule has 0 aromatic rings. The summed E-state index contributed by atoms with van der Waals surface area (Å²) in [4.78, 5) is 2.45.